The quantitative estimate of drug-likeness (QED) is 0.654. The number of rotatable bonds is 3. The van der Waals surface area contributed by atoms with E-state index < -0.39 is 14.7 Å². The molecule has 0 atom stereocenters. The molecule has 2 aromatic carbocycles. The van der Waals surface area contributed by atoms with E-state index in [-0.39, 0.29) is 14.9 Å². The summed E-state index contributed by atoms with van der Waals surface area (Å²) in [5, 5.41) is 9.48. The van der Waals surface area contributed by atoms with E-state index >= 15 is 0 Å². The topological polar surface area (TPSA) is 57.9 Å². The van der Waals surface area contributed by atoms with Gasteiger partial charge in [0.2, 0.25) is 9.84 Å². The number of benzene rings is 2. The van der Waals surface area contributed by atoms with Crippen molar-refractivity contribution in [3.8, 4) is 6.07 Å². The molecule has 2 aromatic rings. The van der Waals surface area contributed by atoms with Gasteiger partial charge >= 0.3 is 0 Å². The van der Waals surface area contributed by atoms with Crippen molar-refractivity contribution in [2.24, 2.45) is 0 Å². The van der Waals surface area contributed by atoms with Crippen molar-refractivity contribution < 1.29 is 8.42 Å². The van der Waals surface area contributed by atoms with Crippen LogP contribution in [0.15, 0.2) is 56.7 Å². The van der Waals surface area contributed by atoms with Crippen LogP contribution in [0.1, 0.15) is 5.56 Å². The first-order chi connectivity index (χ1) is 10.4. The van der Waals surface area contributed by atoms with Gasteiger partial charge in [-0.2, -0.15) is 5.26 Å². The SMILES string of the molecule is N#C/C(=C\c1ccccc1Br)S(=O)(=O)c1cc(Cl)ccc1Cl. The molecule has 0 unspecified atom stereocenters. The van der Waals surface area contributed by atoms with Gasteiger partial charge in [0.1, 0.15) is 11.0 Å². The summed E-state index contributed by atoms with van der Waals surface area (Å²) in [6, 6.07) is 12.8. The second-order valence-corrected chi connectivity index (χ2v) is 7.80. The molecule has 7 heteroatoms. The molecule has 2 rings (SSSR count). The summed E-state index contributed by atoms with van der Waals surface area (Å²) < 4.78 is 25.9. The molecule has 0 N–H and O–H groups in total. The molecule has 0 fully saturated rings. The molecule has 0 aliphatic heterocycles. The van der Waals surface area contributed by atoms with Crippen LogP contribution >= 0.6 is 39.1 Å². The smallest absolute Gasteiger partial charge is 0.218 e. The summed E-state index contributed by atoms with van der Waals surface area (Å²) >= 11 is 15.1. The third-order valence-corrected chi connectivity index (χ3v) is 5.88. The first-order valence-corrected chi connectivity index (χ1v) is 8.96. The highest BCUT2D eigenvalue weighted by atomic mass is 79.9. The fourth-order valence-electron chi connectivity index (χ4n) is 1.70. The Balaban J connectivity index is 2.63. The van der Waals surface area contributed by atoms with Crippen LogP contribution in [0.4, 0.5) is 0 Å². The summed E-state index contributed by atoms with van der Waals surface area (Å²) in [6.45, 7) is 0. The summed E-state index contributed by atoms with van der Waals surface area (Å²) in [4.78, 5) is -0.606. The van der Waals surface area contributed by atoms with Crippen molar-refractivity contribution in [2.75, 3.05) is 0 Å². The Morgan fingerprint density at radius 2 is 1.86 bits per heavy atom. The Hall–Kier alpha value is -1.32. The first-order valence-electron chi connectivity index (χ1n) is 5.92. The highest BCUT2D eigenvalue weighted by Gasteiger charge is 2.24. The summed E-state index contributed by atoms with van der Waals surface area (Å²) in [5.41, 5.74) is 0.570. The van der Waals surface area contributed by atoms with Crippen LogP contribution in [0.3, 0.4) is 0 Å². The molecule has 22 heavy (non-hydrogen) atoms. The molecule has 0 amide bonds. The third-order valence-electron chi connectivity index (χ3n) is 2.77. The highest BCUT2D eigenvalue weighted by Crippen LogP contribution is 2.31. The number of hydrogen-bond donors (Lipinski definition) is 0. The van der Waals surface area contributed by atoms with Crippen LogP contribution in [0, 0.1) is 11.3 Å². The molecule has 0 aliphatic carbocycles. The molecular formula is C15H8BrCl2NO2S. The molecule has 0 heterocycles. The molecule has 0 aromatic heterocycles. The fraction of sp³-hybridized carbons (Fsp3) is 0. The Bertz CT molecular complexity index is 902. The second-order valence-electron chi connectivity index (χ2n) is 4.22. The van der Waals surface area contributed by atoms with E-state index in [1.165, 1.54) is 24.3 Å². The number of hydrogen-bond acceptors (Lipinski definition) is 3. The number of halogens is 3. The van der Waals surface area contributed by atoms with Crippen LogP contribution in [0.2, 0.25) is 10.0 Å². The first kappa shape index (κ1) is 17.0. The number of sulfone groups is 1. The van der Waals surface area contributed by atoms with Gasteiger partial charge in [0.25, 0.3) is 0 Å². The normalized spacial score (nSPS) is 12.0. The van der Waals surface area contributed by atoms with E-state index in [0.29, 0.717) is 10.0 Å². The standard InChI is InChI=1S/C15H8BrCl2NO2S/c16-13-4-2-1-3-10(13)7-12(9-19)22(20,21)15-8-11(17)5-6-14(15)18/h1-8H/b12-7+. The van der Waals surface area contributed by atoms with Crippen molar-refractivity contribution >= 4 is 55.0 Å². The van der Waals surface area contributed by atoms with Crippen LogP contribution in [0.25, 0.3) is 6.08 Å². The van der Waals surface area contributed by atoms with Gasteiger partial charge in [0.15, 0.2) is 0 Å². The van der Waals surface area contributed by atoms with Crippen LogP contribution in [-0.2, 0) is 9.84 Å². The molecule has 0 bridgehead atoms. The van der Waals surface area contributed by atoms with E-state index in [0.717, 1.165) is 0 Å². The maximum Gasteiger partial charge on any atom is 0.218 e. The lowest BCUT2D eigenvalue weighted by Crippen LogP contribution is -2.04. The second kappa shape index (κ2) is 6.84. The fourth-order valence-corrected chi connectivity index (χ4v) is 4.01. The van der Waals surface area contributed by atoms with Gasteiger partial charge in [-0.1, -0.05) is 57.3 Å². The largest absolute Gasteiger partial charge is 0.218 e. The molecule has 112 valence electrons. The van der Waals surface area contributed by atoms with Gasteiger partial charge in [0.05, 0.1) is 9.92 Å². The third kappa shape index (κ3) is 3.53. The maximum atomic E-state index is 12.6. The van der Waals surface area contributed by atoms with Crippen molar-refractivity contribution in [1.82, 2.24) is 0 Å². The molecule has 0 saturated carbocycles. The average Bonchev–Trinajstić information content (AvgIpc) is 2.48. The van der Waals surface area contributed by atoms with Crippen molar-refractivity contribution in [3.63, 3.8) is 0 Å². The Labute approximate surface area is 146 Å². The predicted octanol–water partition coefficient (Wildman–Crippen LogP) is 5.09. The van der Waals surface area contributed by atoms with Gasteiger partial charge in [-0.05, 0) is 35.9 Å². The average molecular weight is 417 g/mol. The molecule has 3 nitrogen and oxygen atoms in total. The molecule has 0 aliphatic rings. The minimum absolute atomic E-state index is 0.0117. The lowest BCUT2D eigenvalue weighted by atomic mass is 10.2. The summed E-state index contributed by atoms with van der Waals surface area (Å²) in [7, 11) is -4.06. The predicted molar refractivity (Wildman–Crippen MR) is 91.4 cm³/mol. The van der Waals surface area contributed by atoms with Crippen molar-refractivity contribution in [2.45, 2.75) is 4.90 Å². The Kier molecular flexibility index (Phi) is 5.30. The maximum absolute atomic E-state index is 12.6. The zero-order chi connectivity index (χ0) is 16.3. The van der Waals surface area contributed by atoms with Gasteiger partial charge in [0, 0.05) is 9.50 Å². The number of allylic oxidation sites excluding steroid dienone is 1. The van der Waals surface area contributed by atoms with E-state index in [1.807, 2.05) is 0 Å². The van der Waals surface area contributed by atoms with Gasteiger partial charge in [-0.15, -0.1) is 0 Å². The van der Waals surface area contributed by atoms with E-state index in [2.05, 4.69) is 15.9 Å². The van der Waals surface area contributed by atoms with Crippen molar-refractivity contribution in [1.29, 1.82) is 5.26 Å². The van der Waals surface area contributed by atoms with Crippen LogP contribution < -0.4 is 0 Å². The molecule has 0 spiro atoms. The zero-order valence-corrected chi connectivity index (χ0v) is 14.8. The minimum atomic E-state index is -4.06. The molecule has 0 radical (unpaired) electrons. The monoisotopic (exact) mass is 415 g/mol. The Morgan fingerprint density at radius 1 is 1.18 bits per heavy atom. The molecule has 0 saturated heterocycles. The lowest BCUT2D eigenvalue weighted by molar-refractivity contribution is 0.603. The molecular weight excluding hydrogens is 409 g/mol. The van der Waals surface area contributed by atoms with Gasteiger partial charge in [-0.25, -0.2) is 8.42 Å². The van der Waals surface area contributed by atoms with Crippen molar-refractivity contribution in [3.05, 3.63) is 67.5 Å². The van der Waals surface area contributed by atoms with E-state index in [4.69, 9.17) is 23.2 Å². The van der Waals surface area contributed by atoms with E-state index in [1.54, 1.807) is 30.3 Å². The van der Waals surface area contributed by atoms with Gasteiger partial charge in [-0.3, -0.25) is 0 Å². The van der Waals surface area contributed by atoms with E-state index in [9.17, 15) is 13.7 Å². The number of nitriles is 1. The lowest BCUT2D eigenvalue weighted by Gasteiger charge is -2.06. The Morgan fingerprint density at radius 3 is 2.50 bits per heavy atom. The van der Waals surface area contributed by atoms with Crippen LogP contribution in [0.5, 0.6) is 0 Å². The number of nitrogens with zero attached hydrogens (tertiary/aromatic N) is 1. The van der Waals surface area contributed by atoms with Crippen LogP contribution in [-0.4, -0.2) is 8.42 Å². The van der Waals surface area contributed by atoms with Gasteiger partial charge < -0.3 is 0 Å². The zero-order valence-electron chi connectivity index (χ0n) is 10.9. The summed E-state index contributed by atoms with van der Waals surface area (Å²) in [5.74, 6) is 0. The summed E-state index contributed by atoms with van der Waals surface area (Å²) in [6.07, 6.45) is 1.29. The highest BCUT2D eigenvalue weighted by molar-refractivity contribution is 9.10. The minimum Gasteiger partial charge on any atom is -0.218 e.